The summed E-state index contributed by atoms with van der Waals surface area (Å²) in [5.41, 5.74) is 0. The van der Waals surface area contributed by atoms with E-state index in [1.54, 1.807) is 10.9 Å². The molecule has 5 nitrogen and oxygen atoms in total. The van der Waals surface area contributed by atoms with Crippen LogP contribution in [-0.2, 0) is 11.8 Å². The van der Waals surface area contributed by atoms with E-state index in [0.29, 0.717) is 12.0 Å². The third-order valence-electron chi connectivity index (χ3n) is 4.25. The lowest BCUT2D eigenvalue weighted by atomic mass is 9.85. The summed E-state index contributed by atoms with van der Waals surface area (Å²) < 4.78 is 1.68. The molecule has 1 aromatic heterocycles. The second-order valence-corrected chi connectivity index (χ2v) is 5.44. The summed E-state index contributed by atoms with van der Waals surface area (Å²) in [6.45, 7) is 0. The number of amides is 1. The number of nitrogens with one attached hydrogen (secondary N) is 2. The smallest absolute Gasteiger partial charge is 0.242 e. The highest BCUT2D eigenvalue weighted by Gasteiger charge is 2.38. The van der Waals surface area contributed by atoms with Crippen molar-refractivity contribution in [1.29, 1.82) is 0 Å². The quantitative estimate of drug-likeness (QED) is 0.869. The summed E-state index contributed by atoms with van der Waals surface area (Å²) in [7, 11) is 1.83. The average Bonchev–Trinajstić information content (AvgIpc) is 2.96. The van der Waals surface area contributed by atoms with Gasteiger partial charge in [0, 0.05) is 19.2 Å². The van der Waals surface area contributed by atoms with Crippen molar-refractivity contribution in [2.75, 3.05) is 5.32 Å². The lowest BCUT2D eigenvalue weighted by Crippen LogP contribution is -2.40. The number of hydrogen-bond donors (Lipinski definition) is 2. The van der Waals surface area contributed by atoms with Crippen molar-refractivity contribution in [3.8, 4) is 0 Å². The van der Waals surface area contributed by atoms with Gasteiger partial charge >= 0.3 is 0 Å². The molecule has 2 N–H and O–H groups in total. The monoisotopic (exact) mass is 284 g/mol. The normalized spacial score (nSPS) is 29.4. The maximum atomic E-state index is 12.2. The van der Waals surface area contributed by atoms with E-state index in [0.717, 1.165) is 12.2 Å². The van der Waals surface area contributed by atoms with E-state index in [2.05, 4.69) is 15.7 Å². The van der Waals surface area contributed by atoms with Gasteiger partial charge in [0.15, 0.2) is 0 Å². The van der Waals surface area contributed by atoms with Crippen molar-refractivity contribution < 1.29 is 4.79 Å². The lowest BCUT2D eigenvalue weighted by molar-refractivity contribution is -0.117. The molecule has 2 aliphatic rings. The minimum atomic E-state index is -0.0343. The molecule has 0 bridgehead atoms. The van der Waals surface area contributed by atoms with Crippen LogP contribution in [0.15, 0.2) is 12.3 Å². The Kier molecular flexibility index (Phi) is 4.47. The molecule has 2 fully saturated rings. The van der Waals surface area contributed by atoms with E-state index in [1.807, 2.05) is 13.1 Å². The number of nitrogens with zero attached hydrogens (tertiary/aromatic N) is 2. The Morgan fingerprint density at radius 3 is 2.95 bits per heavy atom. The largest absolute Gasteiger partial charge is 0.310 e. The highest BCUT2D eigenvalue weighted by Crippen LogP contribution is 2.33. The first kappa shape index (κ1) is 14.3. The number of aryl methyl sites for hydroxylation is 1. The van der Waals surface area contributed by atoms with Crippen LogP contribution in [0.3, 0.4) is 0 Å². The van der Waals surface area contributed by atoms with Crippen LogP contribution in [0.25, 0.3) is 0 Å². The second-order valence-electron chi connectivity index (χ2n) is 5.44. The summed E-state index contributed by atoms with van der Waals surface area (Å²) in [4.78, 5) is 12.2. The van der Waals surface area contributed by atoms with Crippen LogP contribution in [0.4, 0.5) is 5.82 Å². The van der Waals surface area contributed by atoms with Crippen LogP contribution in [0.2, 0.25) is 0 Å². The molecule has 1 saturated heterocycles. The number of halogens is 1. The van der Waals surface area contributed by atoms with Gasteiger partial charge in [-0.05, 0) is 25.2 Å². The fourth-order valence-electron chi connectivity index (χ4n) is 3.23. The molecule has 106 valence electrons. The number of fused-ring (bicyclic) bond motifs is 1. The van der Waals surface area contributed by atoms with Crippen LogP contribution in [0.5, 0.6) is 0 Å². The third-order valence-corrected chi connectivity index (χ3v) is 4.25. The first-order valence-corrected chi connectivity index (χ1v) is 6.79. The first-order valence-electron chi connectivity index (χ1n) is 6.79. The maximum absolute atomic E-state index is 12.2. The van der Waals surface area contributed by atoms with Crippen LogP contribution < -0.4 is 10.6 Å². The van der Waals surface area contributed by atoms with E-state index >= 15 is 0 Å². The Labute approximate surface area is 119 Å². The van der Waals surface area contributed by atoms with Gasteiger partial charge in [0.05, 0.1) is 12.2 Å². The van der Waals surface area contributed by atoms with Gasteiger partial charge in [0.2, 0.25) is 5.91 Å². The zero-order valence-electron chi connectivity index (χ0n) is 11.1. The SMILES string of the molecule is Cl.Cn1nccc1NC(=O)C1CC2CCCCC2N1. The summed E-state index contributed by atoms with van der Waals surface area (Å²) in [5, 5.41) is 10.5. The number of hydrogen-bond acceptors (Lipinski definition) is 3. The van der Waals surface area contributed by atoms with Crippen molar-refractivity contribution in [1.82, 2.24) is 15.1 Å². The van der Waals surface area contributed by atoms with E-state index < -0.39 is 0 Å². The first-order chi connectivity index (χ1) is 8.74. The van der Waals surface area contributed by atoms with Gasteiger partial charge in [-0.2, -0.15) is 5.10 Å². The van der Waals surface area contributed by atoms with Gasteiger partial charge in [0.25, 0.3) is 0 Å². The Morgan fingerprint density at radius 2 is 2.26 bits per heavy atom. The van der Waals surface area contributed by atoms with Crippen LogP contribution in [0, 0.1) is 5.92 Å². The number of aromatic nitrogens is 2. The Hall–Kier alpha value is -1.07. The molecule has 3 atom stereocenters. The van der Waals surface area contributed by atoms with E-state index in [4.69, 9.17) is 0 Å². The number of anilines is 1. The fraction of sp³-hybridized carbons (Fsp3) is 0.692. The van der Waals surface area contributed by atoms with Crippen molar-refractivity contribution >= 4 is 24.1 Å². The highest BCUT2D eigenvalue weighted by molar-refractivity contribution is 5.94. The topological polar surface area (TPSA) is 59.0 Å². The molecular weight excluding hydrogens is 264 g/mol. The van der Waals surface area contributed by atoms with Crippen molar-refractivity contribution in [3.63, 3.8) is 0 Å². The molecule has 0 radical (unpaired) electrons. The summed E-state index contributed by atoms with van der Waals surface area (Å²) >= 11 is 0. The second kappa shape index (κ2) is 5.92. The molecule has 3 unspecified atom stereocenters. The molecule has 1 saturated carbocycles. The van der Waals surface area contributed by atoms with Crippen LogP contribution in [0.1, 0.15) is 32.1 Å². The van der Waals surface area contributed by atoms with Crippen LogP contribution >= 0.6 is 12.4 Å². The Bertz CT molecular complexity index is 434. The average molecular weight is 285 g/mol. The third kappa shape index (κ3) is 2.92. The number of carbonyl (C=O) groups excluding carboxylic acids is 1. The van der Waals surface area contributed by atoms with Crippen molar-refractivity contribution in [2.24, 2.45) is 13.0 Å². The molecule has 1 aromatic rings. The lowest BCUT2D eigenvalue weighted by Gasteiger charge is -2.24. The van der Waals surface area contributed by atoms with Gasteiger partial charge in [-0.15, -0.1) is 12.4 Å². The van der Waals surface area contributed by atoms with E-state index in [-0.39, 0.29) is 24.4 Å². The van der Waals surface area contributed by atoms with E-state index in [1.165, 1.54) is 25.7 Å². The molecule has 0 spiro atoms. The predicted molar refractivity (Wildman–Crippen MR) is 76.4 cm³/mol. The number of rotatable bonds is 2. The molecule has 6 heteroatoms. The minimum Gasteiger partial charge on any atom is -0.310 e. The van der Waals surface area contributed by atoms with Gasteiger partial charge in [0.1, 0.15) is 5.82 Å². The Balaban J connectivity index is 0.00000133. The molecule has 19 heavy (non-hydrogen) atoms. The fourth-order valence-corrected chi connectivity index (χ4v) is 3.23. The number of carbonyl (C=O) groups is 1. The molecular formula is C13H21ClN4O. The standard InChI is InChI=1S/C13H20N4O.ClH/c1-17-12(6-7-14-17)16-13(18)11-8-9-4-2-3-5-10(9)15-11;/h6-7,9-11,15H,2-5,8H2,1H3,(H,16,18);1H. The molecule has 3 rings (SSSR count). The highest BCUT2D eigenvalue weighted by atomic mass is 35.5. The molecule has 1 aliphatic carbocycles. The Morgan fingerprint density at radius 1 is 1.47 bits per heavy atom. The predicted octanol–water partition coefficient (Wildman–Crippen LogP) is 1.70. The van der Waals surface area contributed by atoms with Gasteiger partial charge in [-0.1, -0.05) is 12.8 Å². The van der Waals surface area contributed by atoms with Crippen molar-refractivity contribution in [3.05, 3.63) is 12.3 Å². The zero-order chi connectivity index (χ0) is 12.5. The molecule has 1 amide bonds. The van der Waals surface area contributed by atoms with E-state index in [9.17, 15) is 4.79 Å². The summed E-state index contributed by atoms with van der Waals surface area (Å²) in [6, 6.07) is 2.34. The van der Waals surface area contributed by atoms with Gasteiger partial charge in [-0.3, -0.25) is 9.48 Å². The maximum Gasteiger partial charge on any atom is 0.242 e. The van der Waals surface area contributed by atoms with Gasteiger partial charge in [-0.25, -0.2) is 0 Å². The minimum absolute atomic E-state index is 0. The molecule has 1 aliphatic heterocycles. The molecule has 2 heterocycles. The van der Waals surface area contributed by atoms with Crippen molar-refractivity contribution in [2.45, 2.75) is 44.2 Å². The summed E-state index contributed by atoms with van der Waals surface area (Å²) in [6.07, 6.45) is 7.78. The summed E-state index contributed by atoms with van der Waals surface area (Å²) in [5.74, 6) is 1.53. The van der Waals surface area contributed by atoms with Crippen LogP contribution in [-0.4, -0.2) is 27.8 Å². The van der Waals surface area contributed by atoms with Gasteiger partial charge < -0.3 is 10.6 Å². The zero-order valence-corrected chi connectivity index (χ0v) is 11.9. The molecule has 0 aromatic carbocycles.